The van der Waals surface area contributed by atoms with Crippen molar-refractivity contribution >= 4 is 21.8 Å². The first-order chi connectivity index (χ1) is 16.0. The van der Waals surface area contributed by atoms with Crippen LogP contribution in [0.25, 0.3) is 0 Å². The Morgan fingerprint density at radius 2 is 1.68 bits per heavy atom. The summed E-state index contributed by atoms with van der Waals surface area (Å²) in [5.41, 5.74) is 2.67. The number of rotatable bonds is 10. The zero-order valence-electron chi connectivity index (χ0n) is 19.6. The van der Waals surface area contributed by atoms with E-state index in [0.717, 1.165) is 12.0 Å². The van der Waals surface area contributed by atoms with E-state index < -0.39 is 16.0 Å². The van der Waals surface area contributed by atoms with Gasteiger partial charge in [-0.05, 0) is 47.2 Å². The monoisotopic (exact) mass is 482 g/mol. The Kier molecular flexibility index (Phi) is 8.01. The first-order valence-electron chi connectivity index (χ1n) is 10.9. The summed E-state index contributed by atoms with van der Waals surface area (Å²) in [4.78, 5) is 19.3. The van der Waals surface area contributed by atoms with E-state index in [1.807, 2.05) is 24.3 Å². The van der Waals surface area contributed by atoms with Crippen LogP contribution in [-0.2, 0) is 34.3 Å². The molecule has 0 fully saturated rings. The van der Waals surface area contributed by atoms with Crippen LogP contribution in [0.4, 0.5) is 5.82 Å². The lowest BCUT2D eigenvalue weighted by Gasteiger charge is -2.22. The van der Waals surface area contributed by atoms with E-state index in [4.69, 9.17) is 5.11 Å². The van der Waals surface area contributed by atoms with E-state index >= 15 is 0 Å². The molecule has 0 atom stereocenters. The Morgan fingerprint density at radius 3 is 2.29 bits per heavy atom. The molecule has 0 bridgehead atoms. The second kappa shape index (κ2) is 10.8. The van der Waals surface area contributed by atoms with Crippen molar-refractivity contribution in [2.75, 3.05) is 11.9 Å². The van der Waals surface area contributed by atoms with Gasteiger partial charge >= 0.3 is 5.97 Å². The van der Waals surface area contributed by atoms with Crippen LogP contribution in [0.5, 0.6) is 0 Å². The third-order valence-electron chi connectivity index (χ3n) is 4.92. The summed E-state index contributed by atoms with van der Waals surface area (Å²) in [6, 6.07) is 17.8. The number of nitrogens with zero attached hydrogens (tertiary/aromatic N) is 3. The molecule has 3 aromatic rings. The van der Waals surface area contributed by atoms with Gasteiger partial charge in [-0.3, -0.25) is 4.79 Å². The number of hydrogen-bond donors (Lipinski definition) is 2. The molecule has 0 spiro atoms. The molecule has 0 unspecified atom stereocenters. The van der Waals surface area contributed by atoms with Gasteiger partial charge in [-0.15, -0.1) is 0 Å². The molecule has 2 heterocycles. The van der Waals surface area contributed by atoms with Crippen molar-refractivity contribution < 1.29 is 18.3 Å². The van der Waals surface area contributed by atoms with Crippen molar-refractivity contribution in [3.8, 4) is 0 Å². The van der Waals surface area contributed by atoms with Gasteiger partial charge in [-0.1, -0.05) is 57.2 Å². The van der Waals surface area contributed by atoms with E-state index in [-0.39, 0.29) is 30.1 Å². The minimum atomic E-state index is -3.91. The zero-order valence-corrected chi connectivity index (χ0v) is 20.4. The summed E-state index contributed by atoms with van der Waals surface area (Å²) < 4.78 is 28.2. The van der Waals surface area contributed by atoms with Gasteiger partial charge in [0.25, 0.3) is 10.0 Å². The van der Waals surface area contributed by atoms with Gasteiger partial charge in [-0.2, -0.15) is 4.31 Å². The lowest BCUT2D eigenvalue weighted by atomic mass is 9.88. The highest BCUT2D eigenvalue weighted by Crippen LogP contribution is 2.23. The number of anilines is 1. The fourth-order valence-corrected chi connectivity index (χ4v) is 4.78. The Bertz CT molecular complexity index is 1210. The number of sulfonamides is 1. The van der Waals surface area contributed by atoms with Gasteiger partial charge in [0.1, 0.15) is 12.4 Å². The largest absolute Gasteiger partial charge is 0.480 e. The molecule has 8 nitrogen and oxygen atoms in total. The third-order valence-corrected chi connectivity index (χ3v) is 6.63. The van der Waals surface area contributed by atoms with Crippen molar-refractivity contribution in [3.05, 3.63) is 83.7 Å². The number of nitrogens with one attached hydrogen (secondary N) is 1. The molecule has 0 saturated heterocycles. The normalized spacial score (nSPS) is 12.0. The van der Waals surface area contributed by atoms with Gasteiger partial charge in [0.2, 0.25) is 0 Å². The minimum absolute atomic E-state index is 0.00520. The Morgan fingerprint density at radius 1 is 0.971 bits per heavy atom. The fraction of sp³-hybridized carbons (Fsp3) is 0.320. The van der Waals surface area contributed by atoms with Crippen LogP contribution in [-0.4, -0.2) is 40.3 Å². The quantitative estimate of drug-likeness (QED) is 0.450. The van der Waals surface area contributed by atoms with Crippen molar-refractivity contribution in [2.45, 2.75) is 45.3 Å². The van der Waals surface area contributed by atoms with Crippen LogP contribution in [0.1, 0.15) is 37.6 Å². The average Bonchev–Trinajstić information content (AvgIpc) is 2.78. The van der Waals surface area contributed by atoms with E-state index in [2.05, 4.69) is 36.1 Å². The number of carboxylic acids is 1. The number of aliphatic carboxylic acids is 1. The second-order valence-electron chi connectivity index (χ2n) is 9.26. The first-order valence-corrected chi connectivity index (χ1v) is 12.4. The lowest BCUT2D eigenvalue weighted by Crippen LogP contribution is -2.31. The van der Waals surface area contributed by atoms with Crippen molar-refractivity contribution in [3.63, 3.8) is 0 Å². The number of hydrogen-bond acceptors (Lipinski definition) is 6. The molecule has 0 amide bonds. The molecule has 2 aromatic heterocycles. The van der Waals surface area contributed by atoms with Crippen LogP contribution in [0, 0.1) is 5.41 Å². The number of benzene rings is 1. The molecular weight excluding hydrogens is 452 g/mol. The van der Waals surface area contributed by atoms with E-state index in [1.165, 1.54) is 22.1 Å². The molecule has 1 aromatic carbocycles. The molecule has 0 aliphatic rings. The SMILES string of the molecule is CC(C)(C)Cc1ccc(CN(Cc2cccc(NCC(=O)O)n2)S(=O)(=O)c2ccccn2)cc1. The maximum atomic E-state index is 13.4. The molecule has 0 saturated carbocycles. The molecule has 0 aliphatic carbocycles. The van der Waals surface area contributed by atoms with E-state index in [0.29, 0.717) is 11.5 Å². The maximum absolute atomic E-state index is 13.4. The molecule has 0 aliphatic heterocycles. The Balaban J connectivity index is 1.88. The summed E-state index contributed by atoms with van der Waals surface area (Å²) in [5.74, 6) is -0.650. The smallest absolute Gasteiger partial charge is 0.322 e. The van der Waals surface area contributed by atoms with Gasteiger partial charge in [-0.25, -0.2) is 18.4 Å². The first kappa shape index (κ1) is 25.3. The van der Waals surface area contributed by atoms with Gasteiger partial charge in [0.15, 0.2) is 5.03 Å². The minimum Gasteiger partial charge on any atom is -0.480 e. The zero-order chi connectivity index (χ0) is 24.8. The maximum Gasteiger partial charge on any atom is 0.322 e. The van der Waals surface area contributed by atoms with Crippen LogP contribution >= 0.6 is 0 Å². The highest BCUT2D eigenvalue weighted by molar-refractivity contribution is 7.89. The number of carbonyl (C=O) groups is 1. The molecule has 34 heavy (non-hydrogen) atoms. The predicted molar refractivity (Wildman–Crippen MR) is 131 cm³/mol. The number of pyridine rings is 2. The molecule has 9 heteroatoms. The Labute approximate surface area is 200 Å². The molecule has 2 N–H and O–H groups in total. The van der Waals surface area contributed by atoms with E-state index in [1.54, 1.807) is 30.3 Å². The van der Waals surface area contributed by atoms with Crippen molar-refractivity contribution in [2.24, 2.45) is 5.41 Å². The summed E-state index contributed by atoms with van der Waals surface area (Å²) in [6.45, 7) is 6.39. The van der Waals surface area contributed by atoms with E-state index in [9.17, 15) is 13.2 Å². The highest BCUT2D eigenvalue weighted by Gasteiger charge is 2.26. The highest BCUT2D eigenvalue weighted by atomic mass is 32.2. The van der Waals surface area contributed by atoms with Crippen molar-refractivity contribution in [1.82, 2.24) is 14.3 Å². The topological polar surface area (TPSA) is 112 Å². The van der Waals surface area contributed by atoms with Gasteiger partial charge in [0.05, 0.1) is 12.2 Å². The molecule has 0 radical (unpaired) electrons. The van der Waals surface area contributed by atoms with Crippen LogP contribution < -0.4 is 5.32 Å². The number of aromatic nitrogens is 2. The van der Waals surface area contributed by atoms with Crippen molar-refractivity contribution in [1.29, 1.82) is 0 Å². The second-order valence-corrected chi connectivity index (χ2v) is 11.1. The third kappa shape index (κ3) is 7.36. The predicted octanol–water partition coefficient (Wildman–Crippen LogP) is 3.95. The summed E-state index contributed by atoms with van der Waals surface area (Å²) >= 11 is 0. The standard InChI is InChI=1S/C25H30N4O4S/c1-25(2,3)15-19-10-12-20(13-11-19)17-29(34(32,33)23-9-4-5-14-26-23)18-21-7-6-8-22(28-21)27-16-24(30)31/h4-14H,15-18H2,1-3H3,(H,27,28)(H,30,31). The summed E-state index contributed by atoms with van der Waals surface area (Å²) in [7, 11) is -3.91. The molecule has 3 rings (SSSR count). The number of carboxylic acid groups (broad SMARTS) is 1. The van der Waals surface area contributed by atoms with Crippen LogP contribution in [0.2, 0.25) is 0 Å². The fourth-order valence-electron chi connectivity index (χ4n) is 3.45. The summed E-state index contributed by atoms with van der Waals surface area (Å²) in [6.07, 6.45) is 2.37. The van der Waals surface area contributed by atoms with Gasteiger partial charge < -0.3 is 10.4 Å². The summed E-state index contributed by atoms with van der Waals surface area (Å²) in [5, 5.41) is 11.6. The molecular formula is C25H30N4O4S. The van der Waals surface area contributed by atoms with Crippen LogP contribution in [0.3, 0.4) is 0 Å². The lowest BCUT2D eigenvalue weighted by molar-refractivity contribution is -0.134. The van der Waals surface area contributed by atoms with Crippen LogP contribution in [0.15, 0.2) is 71.9 Å². The van der Waals surface area contributed by atoms with Gasteiger partial charge in [0, 0.05) is 12.7 Å². The average molecular weight is 483 g/mol. The Hall–Kier alpha value is -3.30. The molecule has 180 valence electrons.